The summed E-state index contributed by atoms with van der Waals surface area (Å²) < 4.78 is 29.0. The molecule has 2 aliphatic rings. The Morgan fingerprint density at radius 2 is 1.83 bits per heavy atom. The standard InChI is InChI=1S/C21H26ClN3O3S/c1-21(9-2-12-25(20(21)26)18-7-10-23-11-8-18)24-29(27,28)19-6-4-15-13-17(22)5-3-16(15)14-19/h3-6,13-14,18,23-24H,2,7-12H2,1H3/t21-/m0/s1. The zero-order valence-corrected chi connectivity index (χ0v) is 18.0. The molecular formula is C21H26ClN3O3S. The van der Waals surface area contributed by atoms with Crippen molar-refractivity contribution in [2.45, 2.75) is 49.1 Å². The van der Waals surface area contributed by atoms with Gasteiger partial charge in [0.05, 0.1) is 4.90 Å². The van der Waals surface area contributed by atoms with Crippen molar-refractivity contribution in [2.75, 3.05) is 19.6 Å². The van der Waals surface area contributed by atoms with E-state index in [1.165, 1.54) is 0 Å². The quantitative estimate of drug-likeness (QED) is 0.774. The van der Waals surface area contributed by atoms with E-state index in [0.29, 0.717) is 18.0 Å². The van der Waals surface area contributed by atoms with Crippen LogP contribution in [0.1, 0.15) is 32.6 Å². The van der Waals surface area contributed by atoms with E-state index >= 15 is 0 Å². The predicted octanol–water partition coefficient (Wildman–Crippen LogP) is 2.90. The third-order valence-electron chi connectivity index (χ3n) is 6.00. The van der Waals surface area contributed by atoms with Crippen molar-refractivity contribution < 1.29 is 13.2 Å². The Morgan fingerprint density at radius 1 is 1.14 bits per heavy atom. The van der Waals surface area contributed by atoms with Gasteiger partial charge < -0.3 is 10.2 Å². The van der Waals surface area contributed by atoms with Crippen LogP contribution in [-0.4, -0.2) is 50.4 Å². The van der Waals surface area contributed by atoms with Gasteiger partial charge >= 0.3 is 0 Å². The topological polar surface area (TPSA) is 78.5 Å². The van der Waals surface area contributed by atoms with Gasteiger partial charge in [0, 0.05) is 17.6 Å². The fourth-order valence-electron chi connectivity index (χ4n) is 4.41. The minimum Gasteiger partial charge on any atom is -0.338 e. The van der Waals surface area contributed by atoms with E-state index in [2.05, 4.69) is 10.0 Å². The Bertz CT molecular complexity index is 1040. The second kappa shape index (κ2) is 7.87. The van der Waals surface area contributed by atoms with Crippen molar-refractivity contribution in [2.24, 2.45) is 0 Å². The first-order chi connectivity index (χ1) is 13.8. The van der Waals surface area contributed by atoms with Gasteiger partial charge in [-0.3, -0.25) is 4.79 Å². The van der Waals surface area contributed by atoms with Gasteiger partial charge in [-0.2, -0.15) is 4.72 Å². The molecule has 0 aromatic heterocycles. The largest absolute Gasteiger partial charge is 0.338 e. The second-order valence-corrected chi connectivity index (χ2v) is 10.3. The number of sulfonamides is 1. The molecule has 156 valence electrons. The average molecular weight is 436 g/mol. The molecule has 2 saturated heterocycles. The summed E-state index contributed by atoms with van der Waals surface area (Å²) in [4.78, 5) is 15.3. The molecule has 1 amide bonds. The molecule has 2 aromatic rings. The zero-order chi connectivity index (χ0) is 20.6. The van der Waals surface area contributed by atoms with Crippen molar-refractivity contribution in [1.29, 1.82) is 0 Å². The zero-order valence-electron chi connectivity index (χ0n) is 16.4. The summed E-state index contributed by atoms with van der Waals surface area (Å²) in [5, 5.41) is 5.57. The minimum absolute atomic E-state index is 0.119. The van der Waals surface area contributed by atoms with E-state index < -0.39 is 15.6 Å². The molecule has 0 aliphatic carbocycles. The number of nitrogens with one attached hydrogen (secondary N) is 2. The van der Waals surface area contributed by atoms with Gasteiger partial charge in [0.25, 0.3) is 0 Å². The summed E-state index contributed by atoms with van der Waals surface area (Å²) in [6, 6.07) is 10.4. The fourth-order valence-corrected chi connectivity index (χ4v) is 6.02. The maximum atomic E-state index is 13.3. The molecular weight excluding hydrogens is 410 g/mol. The van der Waals surface area contributed by atoms with Crippen LogP contribution < -0.4 is 10.0 Å². The van der Waals surface area contributed by atoms with Gasteiger partial charge in [-0.05, 0) is 80.7 Å². The summed E-state index contributed by atoms with van der Waals surface area (Å²) in [5.41, 5.74) is -1.13. The Kier molecular flexibility index (Phi) is 5.59. The van der Waals surface area contributed by atoms with E-state index in [0.717, 1.165) is 43.1 Å². The Labute approximate surface area is 176 Å². The first-order valence-electron chi connectivity index (χ1n) is 10.0. The van der Waals surface area contributed by atoms with Crippen molar-refractivity contribution in [3.8, 4) is 0 Å². The number of benzene rings is 2. The lowest BCUT2D eigenvalue weighted by molar-refractivity contribution is -0.143. The number of likely N-dealkylation sites (tertiary alicyclic amines) is 1. The third kappa shape index (κ3) is 4.14. The lowest BCUT2D eigenvalue weighted by Gasteiger charge is -2.44. The van der Waals surface area contributed by atoms with Crippen LogP contribution in [0.4, 0.5) is 0 Å². The van der Waals surface area contributed by atoms with Gasteiger partial charge in [-0.25, -0.2) is 8.42 Å². The molecule has 0 bridgehead atoms. The van der Waals surface area contributed by atoms with Crippen molar-refractivity contribution in [1.82, 2.24) is 14.9 Å². The highest BCUT2D eigenvalue weighted by Crippen LogP contribution is 2.29. The molecule has 6 nitrogen and oxygen atoms in total. The van der Waals surface area contributed by atoms with E-state index in [9.17, 15) is 13.2 Å². The van der Waals surface area contributed by atoms with Crippen LogP contribution in [0.25, 0.3) is 10.8 Å². The number of halogens is 1. The minimum atomic E-state index is -3.85. The smallest absolute Gasteiger partial charge is 0.243 e. The maximum Gasteiger partial charge on any atom is 0.243 e. The number of hydrogen-bond donors (Lipinski definition) is 2. The van der Waals surface area contributed by atoms with Crippen LogP contribution in [0, 0.1) is 0 Å². The third-order valence-corrected chi connectivity index (χ3v) is 7.83. The molecule has 0 unspecified atom stereocenters. The molecule has 8 heteroatoms. The SMILES string of the molecule is C[C@]1(NS(=O)(=O)c2ccc3cc(Cl)ccc3c2)CCCN(C2CCNCC2)C1=O. The number of fused-ring (bicyclic) bond motifs is 1. The second-order valence-electron chi connectivity index (χ2n) is 8.17. The Hall–Kier alpha value is -1.67. The highest BCUT2D eigenvalue weighted by molar-refractivity contribution is 7.89. The highest BCUT2D eigenvalue weighted by Gasteiger charge is 2.45. The highest BCUT2D eigenvalue weighted by atomic mass is 35.5. The lowest BCUT2D eigenvalue weighted by Crippen LogP contribution is -2.63. The van der Waals surface area contributed by atoms with Gasteiger partial charge in [-0.15, -0.1) is 0 Å². The van der Waals surface area contributed by atoms with Crippen molar-refractivity contribution >= 4 is 38.3 Å². The lowest BCUT2D eigenvalue weighted by atomic mass is 9.89. The van der Waals surface area contributed by atoms with Crippen molar-refractivity contribution in [3.05, 3.63) is 41.4 Å². The van der Waals surface area contributed by atoms with Gasteiger partial charge in [0.1, 0.15) is 5.54 Å². The summed E-state index contributed by atoms with van der Waals surface area (Å²) >= 11 is 6.01. The summed E-state index contributed by atoms with van der Waals surface area (Å²) in [6.45, 7) is 4.18. The van der Waals surface area contributed by atoms with Gasteiger partial charge in [-0.1, -0.05) is 23.7 Å². The number of carbonyl (C=O) groups excluding carboxylic acids is 1. The van der Waals surface area contributed by atoms with Crippen LogP contribution in [0.2, 0.25) is 5.02 Å². The van der Waals surface area contributed by atoms with Crippen LogP contribution in [0.15, 0.2) is 41.3 Å². The number of piperidine rings is 2. The normalized spacial score (nSPS) is 24.2. The van der Waals surface area contributed by atoms with Crippen LogP contribution in [0.5, 0.6) is 0 Å². The summed E-state index contributed by atoms with van der Waals surface area (Å²) in [6.07, 6.45) is 3.09. The molecule has 29 heavy (non-hydrogen) atoms. The van der Waals surface area contributed by atoms with Gasteiger partial charge in [0.2, 0.25) is 15.9 Å². The van der Waals surface area contributed by atoms with E-state index in [-0.39, 0.29) is 16.8 Å². The average Bonchev–Trinajstić information content (AvgIpc) is 2.70. The molecule has 4 rings (SSSR count). The van der Waals surface area contributed by atoms with Gasteiger partial charge in [0.15, 0.2) is 0 Å². The van der Waals surface area contributed by atoms with E-state index in [1.54, 1.807) is 43.3 Å². The molecule has 2 aromatic carbocycles. The molecule has 2 heterocycles. The fraction of sp³-hybridized carbons (Fsp3) is 0.476. The summed E-state index contributed by atoms with van der Waals surface area (Å²) in [7, 11) is -3.85. The summed E-state index contributed by atoms with van der Waals surface area (Å²) in [5.74, 6) is -0.119. The molecule has 2 fully saturated rings. The predicted molar refractivity (Wildman–Crippen MR) is 115 cm³/mol. The van der Waals surface area contributed by atoms with Crippen LogP contribution >= 0.6 is 11.6 Å². The number of carbonyl (C=O) groups is 1. The molecule has 0 saturated carbocycles. The van der Waals surface area contributed by atoms with E-state index in [4.69, 9.17) is 11.6 Å². The number of nitrogens with zero attached hydrogens (tertiary/aromatic N) is 1. The number of amides is 1. The molecule has 0 spiro atoms. The first-order valence-corrected chi connectivity index (χ1v) is 11.9. The Morgan fingerprint density at radius 3 is 2.59 bits per heavy atom. The molecule has 2 N–H and O–H groups in total. The number of rotatable bonds is 4. The van der Waals surface area contributed by atoms with Crippen molar-refractivity contribution in [3.63, 3.8) is 0 Å². The van der Waals surface area contributed by atoms with Crippen LogP contribution in [-0.2, 0) is 14.8 Å². The number of hydrogen-bond acceptors (Lipinski definition) is 4. The maximum absolute atomic E-state index is 13.3. The molecule has 0 radical (unpaired) electrons. The monoisotopic (exact) mass is 435 g/mol. The first kappa shape index (κ1) is 20.6. The molecule has 1 atom stereocenters. The molecule has 2 aliphatic heterocycles. The Balaban J connectivity index is 1.59. The van der Waals surface area contributed by atoms with E-state index in [1.807, 2.05) is 4.90 Å². The van der Waals surface area contributed by atoms with Crippen LogP contribution in [0.3, 0.4) is 0 Å².